The Morgan fingerprint density at radius 1 is 1.20 bits per heavy atom. The first-order valence-electron chi connectivity index (χ1n) is 5.07. The van der Waals surface area contributed by atoms with Crippen molar-refractivity contribution in [1.82, 2.24) is 0 Å². The Kier molecular flexibility index (Phi) is 6.75. The van der Waals surface area contributed by atoms with Crippen LogP contribution in [-0.2, 0) is 0 Å². The molecule has 0 fully saturated rings. The largest absolute Gasteiger partial charge is 0.497 e. The van der Waals surface area contributed by atoms with E-state index in [-0.39, 0.29) is 5.54 Å². The molecule has 3 heteroatoms. The third-order valence-corrected chi connectivity index (χ3v) is 1.77. The lowest BCUT2D eigenvalue weighted by Crippen LogP contribution is -2.34. The van der Waals surface area contributed by atoms with Gasteiger partial charge < -0.3 is 16.2 Å². The maximum Gasteiger partial charge on any atom is 0.118 e. The third-order valence-electron chi connectivity index (χ3n) is 1.77. The molecule has 4 N–H and O–H groups in total. The van der Waals surface area contributed by atoms with E-state index >= 15 is 0 Å². The summed E-state index contributed by atoms with van der Waals surface area (Å²) < 4.78 is 4.91. The van der Waals surface area contributed by atoms with Crippen LogP contribution in [0.2, 0.25) is 0 Å². The van der Waals surface area contributed by atoms with E-state index in [1.807, 2.05) is 44.2 Å². The molecule has 0 radical (unpaired) electrons. The Balaban J connectivity index is 0.000000265. The monoisotopic (exact) mass is 210 g/mol. The number of methoxy groups -OCH3 is 1. The van der Waals surface area contributed by atoms with Crippen molar-refractivity contribution in [3.05, 3.63) is 30.3 Å². The van der Waals surface area contributed by atoms with Crippen LogP contribution in [0, 0.1) is 0 Å². The van der Waals surface area contributed by atoms with Gasteiger partial charge in [0.1, 0.15) is 5.75 Å². The molecule has 0 spiro atoms. The van der Waals surface area contributed by atoms with Crippen LogP contribution >= 0.6 is 0 Å². The van der Waals surface area contributed by atoms with E-state index in [0.29, 0.717) is 6.54 Å². The van der Waals surface area contributed by atoms with Crippen molar-refractivity contribution in [3.8, 4) is 5.75 Å². The summed E-state index contributed by atoms with van der Waals surface area (Å²) in [4.78, 5) is 0. The fraction of sp³-hybridized carbons (Fsp3) is 0.500. The highest BCUT2D eigenvalue weighted by molar-refractivity contribution is 5.20. The third kappa shape index (κ3) is 9.25. The minimum absolute atomic E-state index is 0.0747. The highest BCUT2D eigenvalue weighted by Crippen LogP contribution is 2.05. The minimum atomic E-state index is -0.0747. The molecule has 0 bridgehead atoms. The topological polar surface area (TPSA) is 61.3 Å². The van der Waals surface area contributed by atoms with Crippen LogP contribution in [-0.4, -0.2) is 19.2 Å². The van der Waals surface area contributed by atoms with E-state index in [1.165, 1.54) is 0 Å². The van der Waals surface area contributed by atoms with Crippen LogP contribution in [0.5, 0.6) is 5.75 Å². The van der Waals surface area contributed by atoms with E-state index in [2.05, 4.69) is 0 Å². The molecule has 1 rings (SSSR count). The van der Waals surface area contributed by atoms with Crippen molar-refractivity contribution < 1.29 is 4.74 Å². The van der Waals surface area contributed by atoms with Crippen molar-refractivity contribution >= 4 is 0 Å². The van der Waals surface area contributed by atoms with Gasteiger partial charge in [-0.3, -0.25) is 0 Å². The zero-order valence-electron chi connectivity index (χ0n) is 9.86. The number of nitrogens with two attached hydrogens (primary N) is 2. The Labute approximate surface area is 92.4 Å². The number of rotatable bonds is 3. The molecule has 0 saturated heterocycles. The number of para-hydroxylation sites is 1. The smallest absolute Gasteiger partial charge is 0.118 e. The number of hydrogen-bond acceptors (Lipinski definition) is 3. The molecule has 0 aliphatic heterocycles. The molecule has 15 heavy (non-hydrogen) atoms. The van der Waals surface area contributed by atoms with Gasteiger partial charge in [-0.15, -0.1) is 0 Å². The van der Waals surface area contributed by atoms with Gasteiger partial charge in [-0.2, -0.15) is 0 Å². The van der Waals surface area contributed by atoms with Crippen molar-refractivity contribution in [3.63, 3.8) is 0 Å². The maximum absolute atomic E-state index is 5.57. The summed E-state index contributed by atoms with van der Waals surface area (Å²) in [7, 11) is 1.66. The van der Waals surface area contributed by atoms with Crippen molar-refractivity contribution in [1.29, 1.82) is 0 Å². The molecular formula is C12H22N2O. The predicted octanol–water partition coefficient (Wildman–Crippen LogP) is 1.77. The zero-order chi connectivity index (χ0) is 11.7. The summed E-state index contributed by atoms with van der Waals surface area (Å²) in [5.41, 5.74) is 10.7. The molecule has 1 aromatic rings. The van der Waals surface area contributed by atoms with Crippen LogP contribution in [0.4, 0.5) is 0 Å². The normalized spacial score (nSPS) is 10.2. The first kappa shape index (κ1) is 13.9. The molecule has 1 aromatic carbocycles. The Hall–Kier alpha value is -1.06. The lowest BCUT2D eigenvalue weighted by Gasteiger charge is -2.15. The highest BCUT2D eigenvalue weighted by atomic mass is 16.5. The quantitative estimate of drug-likeness (QED) is 0.799. The predicted molar refractivity (Wildman–Crippen MR) is 64.9 cm³/mol. The van der Waals surface area contributed by atoms with Gasteiger partial charge in [-0.25, -0.2) is 0 Å². The van der Waals surface area contributed by atoms with E-state index < -0.39 is 0 Å². The average molecular weight is 210 g/mol. The standard InChI is InChI=1S/C7H8O.C5H14N2/c1-8-7-5-3-2-4-6-7;1-5(2,7)3-4-6/h2-6H,1H3;3-4,6-7H2,1-2H3. The summed E-state index contributed by atoms with van der Waals surface area (Å²) in [5, 5.41) is 0. The van der Waals surface area contributed by atoms with Crippen LogP contribution in [0.1, 0.15) is 20.3 Å². The molecule has 0 aromatic heterocycles. The molecule has 0 unspecified atom stereocenters. The molecule has 0 atom stereocenters. The summed E-state index contributed by atoms with van der Waals surface area (Å²) >= 11 is 0. The summed E-state index contributed by atoms with van der Waals surface area (Å²) in [6.07, 6.45) is 0.896. The highest BCUT2D eigenvalue weighted by Gasteiger charge is 2.06. The van der Waals surface area contributed by atoms with Gasteiger partial charge in [0, 0.05) is 5.54 Å². The Morgan fingerprint density at radius 3 is 1.93 bits per heavy atom. The van der Waals surface area contributed by atoms with E-state index in [0.717, 1.165) is 12.2 Å². The van der Waals surface area contributed by atoms with Crippen molar-refractivity contribution in [2.24, 2.45) is 11.5 Å². The second kappa shape index (κ2) is 7.26. The Morgan fingerprint density at radius 2 is 1.73 bits per heavy atom. The van der Waals surface area contributed by atoms with Crippen LogP contribution in [0.25, 0.3) is 0 Å². The second-order valence-corrected chi connectivity index (χ2v) is 4.04. The number of benzene rings is 1. The zero-order valence-corrected chi connectivity index (χ0v) is 9.86. The second-order valence-electron chi connectivity index (χ2n) is 4.04. The maximum atomic E-state index is 5.57. The minimum Gasteiger partial charge on any atom is -0.497 e. The van der Waals surface area contributed by atoms with Crippen LogP contribution < -0.4 is 16.2 Å². The fourth-order valence-electron chi connectivity index (χ4n) is 0.929. The first-order chi connectivity index (χ1) is 6.99. The molecule has 0 saturated carbocycles. The van der Waals surface area contributed by atoms with Gasteiger partial charge in [0.2, 0.25) is 0 Å². The molecule has 3 nitrogen and oxygen atoms in total. The number of ether oxygens (including phenoxy) is 1. The van der Waals surface area contributed by atoms with E-state index in [9.17, 15) is 0 Å². The van der Waals surface area contributed by atoms with E-state index in [4.69, 9.17) is 16.2 Å². The van der Waals surface area contributed by atoms with Gasteiger partial charge in [0.15, 0.2) is 0 Å². The summed E-state index contributed by atoms with van der Waals surface area (Å²) in [6, 6.07) is 9.68. The van der Waals surface area contributed by atoms with Gasteiger partial charge in [0.25, 0.3) is 0 Å². The molecule has 0 aliphatic carbocycles. The molecule has 0 aliphatic rings. The van der Waals surface area contributed by atoms with Gasteiger partial charge >= 0.3 is 0 Å². The van der Waals surface area contributed by atoms with Crippen molar-refractivity contribution in [2.75, 3.05) is 13.7 Å². The van der Waals surface area contributed by atoms with Gasteiger partial charge in [-0.1, -0.05) is 18.2 Å². The molecular weight excluding hydrogens is 188 g/mol. The summed E-state index contributed by atoms with van der Waals surface area (Å²) in [5.74, 6) is 0.910. The SMILES string of the molecule is CC(C)(N)CCN.COc1ccccc1. The molecule has 86 valence electrons. The molecule has 0 heterocycles. The van der Waals surface area contributed by atoms with Gasteiger partial charge in [-0.05, 0) is 38.9 Å². The first-order valence-corrected chi connectivity index (χ1v) is 5.07. The van der Waals surface area contributed by atoms with Gasteiger partial charge in [0.05, 0.1) is 7.11 Å². The number of hydrogen-bond donors (Lipinski definition) is 2. The lowest BCUT2D eigenvalue weighted by molar-refractivity contribution is 0.415. The van der Waals surface area contributed by atoms with Crippen molar-refractivity contribution in [2.45, 2.75) is 25.8 Å². The van der Waals surface area contributed by atoms with E-state index in [1.54, 1.807) is 7.11 Å². The fourth-order valence-corrected chi connectivity index (χ4v) is 0.929. The van der Waals surface area contributed by atoms with Crippen LogP contribution in [0.3, 0.4) is 0 Å². The lowest BCUT2D eigenvalue weighted by atomic mass is 10.0. The summed E-state index contributed by atoms with van der Waals surface area (Å²) in [6.45, 7) is 4.63. The average Bonchev–Trinajstić information content (AvgIpc) is 2.18. The van der Waals surface area contributed by atoms with Crippen LogP contribution in [0.15, 0.2) is 30.3 Å². The Bertz CT molecular complexity index is 242. The molecule has 0 amide bonds.